The van der Waals surface area contributed by atoms with E-state index in [2.05, 4.69) is 11.5 Å². The van der Waals surface area contributed by atoms with Crippen LogP contribution in [0.5, 0.6) is 0 Å². The number of rotatable bonds is 8. The fourth-order valence-electron chi connectivity index (χ4n) is 2.53. The second-order valence-electron chi connectivity index (χ2n) is 6.36. The Kier molecular flexibility index (Phi) is 5.74. The van der Waals surface area contributed by atoms with Crippen molar-refractivity contribution in [3.05, 3.63) is 72.3 Å². The van der Waals surface area contributed by atoms with Gasteiger partial charge in [-0.25, -0.2) is 4.39 Å². The van der Waals surface area contributed by atoms with E-state index >= 15 is 0 Å². The van der Waals surface area contributed by atoms with Gasteiger partial charge in [0.2, 0.25) is 0 Å². The van der Waals surface area contributed by atoms with E-state index in [0.29, 0.717) is 25.2 Å². The molecule has 0 aliphatic heterocycles. The molecule has 0 fully saturated rings. The van der Waals surface area contributed by atoms with Crippen LogP contribution in [0, 0.1) is 5.82 Å². The van der Waals surface area contributed by atoms with Crippen LogP contribution in [0.2, 0.25) is 0 Å². The molecule has 3 nitrogen and oxygen atoms in total. The zero-order valence-corrected chi connectivity index (χ0v) is 13.9. The van der Waals surface area contributed by atoms with E-state index in [1.165, 1.54) is 6.07 Å². The van der Waals surface area contributed by atoms with Gasteiger partial charge in [-0.2, -0.15) is 0 Å². The van der Waals surface area contributed by atoms with Crippen LogP contribution in [-0.2, 0) is 13.1 Å². The van der Waals surface area contributed by atoms with Crippen molar-refractivity contribution in [2.24, 2.45) is 0 Å². The topological polar surface area (TPSA) is 28.4 Å². The summed E-state index contributed by atoms with van der Waals surface area (Å²) in [6.45, 7) is 9.71. The fraction of sp³-hybridized carbons (Fsp3) is 0.368. The molecule has 1 heterocycles. The third-order valence-corrected chi connectivity index (χ3v) is 4.17. The quantitative estimate of drug-likeness (QED) is 0.756. The maximum Gasteiger partial charge on any atom is 0.128 e. The molecular formula is C19H25FN2O. The average molecular weight is 316 g/mol. The van der Waals surface area contributed by atoms with Crippen molar-refractivity contribution >= 4 is 0 Å². The molecule has 1 aromatic heterocycles. The minimum atomic E-state index is -0.346. The average Bonchev–Trinajstić information content (AvgIpc) is 2.96. The van der Waals surface area contributed by atoms with E-state index < -0.39 is 0 Å². The highest BCUT2D eigenvalue weighted by molar-refractivity contribution is 5.19. The smallest absolute Gasteiger partial charge is 0.128 e. The monoisotopic (exact) mass is 316 g/mol. The molecule has 1 aromatic carbocycles. The number of hydrogen-bond donors (Lipinski definition) is 1. The fourth-order valence-corrected chi connectivity index (χ4v) is 2.53. The van der Waals surface area contributed by atoms with Gasteiger partial charge in [0.15, 0.2) is 0 Å². The maximum atomic E-state index is 13.9. The number of aliphatic hydroxyl groups excluding tert-OH is 1. The van der Waals surface area contributed by atoms with Gasteiger partial charge in [0.1, 0.15) is 5.82 Å². The Balaban J connectivity index is 2.20. The highest BCUT2D eigenvalue weighted by Gasteiger charge is 2.25. The summed E-state index contributed by atoms with van der Waals surface area (Å²) in [6, 6.07) is 10.8. The Bertz CT molecular complexity index is 648. The predicted octanol–water partition coefficient (Wildman–Crippen LogP) is 3.43. The van der Waals surface area contributed by atoms with Crippen LogP contribution in [0.1, 0.15) is 25.1 Å². The van der Waals surface area contributed by atoms with Gasteiger partial charge in [0.05, 0.1) is 13.2 Å². The number of hydrogen-bond acceptors (Lipinski definition) is 2. The highest BCUT2D eigenvalue weighted by Crippen LogP contribution is 2.19. The molecule has 0 atom stereocenters. The summed E-state index contributed by atoms with van der Waals surface area (Å²) in [6.07, 6.45) is 3.79. The van der Waals surface area contributed by atoms with Crippen LogP contribution >= 0.6 is 0 Å². The van der Waals surface area contributed by atoms with Crippen LogP contribution < -0.4 is 0 Å². The van der Waals surface area contributed by atoms with Crippen molar-refractivity contribution in [2.45, 2.75) is 32.5 Å². The van der Waals surface area contributed by atoms with E-state index in [-0.39, 0.29) is 18.0 Å². The summed E-state index contributed by atoms with van der Waals surface area (Å²) in [5, 5.41) is 9.63. The number of aromatic nitrogens is 1. The molecular weight excluding hydrogens is 291 g/mol. The lowest BCUT2D eigenvalue weighted by molar-refractivity contribution is 0.0589. The Morgan fingerprint density at radius 2 is 2.00 bits per heavy atom. The van der Waals surface area contributed by atoms with Gasteiger partial charge in [-0.15, -0.1) is 6.58 Å². The van der Waals surface area contributed by atoms with Gasteiger partial charge in [0, 0.05) is 36.1 Å². The molecule has 0 spiro atoms. The molecule has 1 N–H and O–H groups in total. The maximum absolute atomic E-state index is 13.9. The summed E-state index contributed by atoms with van der Waals surface area (Å²) < 4.78 is 15.9. The third-order valence-electron chi connectivity index (χ3n) is 4.17. The van der Waals surface area contributed by atoms with Gasteiger partial charge >= 0.3 is 0 Å². The van der Waals surface area contributed by atoms with Crippen LogP contribution in [0.25, 0.3) is 0 Å². The first-order valence-corrected chi connectivity index (χ1v) is 7.82. The molecule has 0 aliphatic rings. The van der Waals surface area contributed by atoms with Gasteiger partial charge < -0.3 is 9.67 Å². The van der Waals surface area contributed by atoms with Crippen LogP contribution in [-0.4, -0.2) is 33.3 Å². The molecule has 0 saturated carbocycles. The van der Waals surface area contributed by atoms with E-state index in [4.69, 9.17) is 0 Å². The molecule has 0 saturated heterocycles. The zero-order chi connectivity index (χ0) is 16.9. The molecule has 2 aromatic rings. The molecule has 23 heavy (non-hydrogen) atoms. The largest absolute Gasteiger partial charge is 0.394 e. The minimum absolute atomic E-state index is 0.0643. The first kappa shape index (κ1) is 17.4. The summed E-state index contributed by atoms with van der Waals surface area (Å²) in [5.41, 5.74) is 1.40. The van der Waals surface area contributed by atoms with Crippen molar-refractivity contribution < 1.29 is 9.50 Å². The Labute approximate surface area is 137 Å². The molecule has 0 radical (unpaired) electrons. The Morgan fingerprint density at radius 1 is 1.26 bits per heavy atom. The second-order valence-corrected chi connectivity index (χ2v) is 6.36. The Hall–Kier alpha value is -1.91. The summed E-state index contributed by atoms with van der Waals surface area (Å²) in [4.78, 5) is 2.16. The summed E-state index contributed by atoms with van der Waals surface area (Å²) in [5.74, 6) is -0.189. The molecule has 2 rings (SSSR count). The van der Waals surface area contributed by atoms with Gasteiger partial charge in [0.25, 0.3) is 0 Å². The SMILES string of the molecule is C=CCN(Cc1cccn1Cc1ccccc1F)C(C)(C)CO. The van der Waals surface area contributed by atoms with Gasteiger partial charge in [-0.1, -0.05) is 24.3 Å². The van der Waals surface area contributed by atoms with Crippen LogP contribution in [0.4, 0.5) is 4.39 Å². The summed E-state index contributed by atoms with van der Waals surface area (Å²) in [7, 11) is 0. The van der Waals surface area contributed by atoms with Gasteiger partial charge in [-0.05, 0) is 32.0 Å². The first-order chi connectivity index (χ1) is 11.0. The molecule has 0 bridgehead atoms. The standard InChI is InChI=1S/C19H25FN2O/c1-4-11-22(19(2,3)15-23)14-17-9-7-12-21(17)13-16-8-5-6-10-18(16)20/h4-10,12,23H,1,11,13-15H2,2-3H3. The van der Waals surface area contributed by atoms with E-state index in [0.717, 1.165) is 5.69 Å². The number of benzene rings is 1. The molecule has 0 unspecified atom stereocenters. The molecule has 4 heteroatoms. The zero-order valence-electron chi connectivity index (χ0n) is 13.9. The third kappa shape index (κ3) is 4.30. The first-order valence-electron chi connectivity index (χ1n) is 7.82. The van der Waals surface area contributed by atoms with E-state index in [9.17, 15) is 9.50 Å². The predicted molar refractivity (Wildman–Crippen MR) is 91.7 cm³/mol. The van der Waals surface area contributed by atoms with E-state index in [1.54, 1.807) is 12.1 Å². The summed E-state index contributed by atoms with van der Waals surface area (Å²) >= 11 is 0. The second kappa shape index (κ2) is 7.57. The van der Waals surface area contributed by atoms with Crippen LogP contribution in [0.3, 0.4) is 0 Å². The number of nitrogens with zero attached hydrogens (tertiary/aromatic N) is 2. The highest BCUT2D eigenvalue weighted by atomic mass is 19.1. The van der Waals surface area contributed by atoms with Gasteiger partial charge in [-0.3, -0.25) is 4.90 Å². The van der Waals surface area contributed by atoms with Crippen molar-refractivity contribution in [1.82, 2.24) is 9.47 Å². The normalized spacial score (nSPS) is 11.9. The van der Waals surface area contributed by atoms with Crippen LogP contribution in [0.15, 0.2) is 55.3 Å². The van der Waals surface area contributed by atoms with E-state index in [1.807, 2.05) is 48.9 Å². The lowest BCUT2D eigenvalue weighted by Gasteiger charge is -2.36. The van der Waals surface area contributed by atoms with Crippen molar-refractivity contribution in [3.8, 4) is 0 Å². The number of halogens is 1. The van der Waals surface area contributed by atoms with Crippen molar-refractivity contribution in [3.63, 3.8) is 0 Å². The molecule has 0 amide bonds. The molecule has 124 valence electrons. The Morgan fingerprint density at radius 3 is 2.65 bits per heavy atom. The molecule has 0 aliphatic carbocycles. The van der Waals surface area contributed by atoms with Crippen molar-refractivity contribution in [1.29, 1.82) is 0 Å². The number of aliphatic hydroxyl groups is 1. The minimum Gasteiger partial charge on any atom is -0.394 e. The van der Waals surface area contributed by atoms with Crippen molar-refractivity contribution in [2.75, 3.05) is 13.2 Å². The lowest BCUT2D eigenvalue weighted by Crippen LogP contribution is -2.46. The lowest BCUT2D eigenvalue weighted by atomic mass is 10.0.